The van der Waals surface area contributed by atoms with Crippen molar-refractivity contribution in [3.05, 3.63) is 94.6 Å². The number of fused-ring (bicyclic) bond motifs is 2. The van der Waals surface area contributed by atoms with Crippen molar-refractivity contribution in [2.24, 2.45) is 0 Å². The van der Waals surface area contributed by atoms with Crippen LogP contribution >= 0.6 is 24.8 Å². The number of carbonyl (C=O) groups excluding carboxylic acids is 6. The summed E-state index contributed by atoms with van der Waals surface area (Å²) in [4.78, 5) is 86.0. The van der Waals surface area contributed by atoms with Gasteiger partial charge in [-0.05, 0) is 135 Å². The van der Waals surface area contributed by atoms with Crippen LogP contribution in [-0.4, -0.2) is 151 Å². The number of likely N-dealkylation sites (N-methyl/N-ethyl adjacent to an activating group) is 2. The van der Waals surface area contributed by atoms with Gasteiger partial charge in [-0.2, -0.15) is 0 Å². The fraction of sp³-hybridized carbons (Fsp3) is 0.600. The highest BCUT2D eigenvalue weighted by Crippen LogP contribution is 2.32. The second-order valence-corrected chi connectivity index (χ2v) is 21.0. The van der Waals surface area contributed by atoms with Gasteiger partial charge in [-0.25, -0.2) is 0 Å². The summed E-state index contributed by atoms with van der Waals surface area (Å²) in [6.45, 7) is 8.66. The molecule has 432 valence electrons. The lowest BCUT2D eigenvalue weighted by atomic mass is 9.87. The van der Waals surface area contributed by atoms with E-state index >= 15 is 0 Å². The van der Waals surface area contributed by atoms with Gasteiger partial charge in [-0.1, -0.05) is 59.0 Å². The first-order valence-electron chi connectivity index (χ1n) is 27.6. The van der Waals surface area contributed by atoms with E-state index in [4.69, 9.17) is 9.47 Å². The molecule has 2 fully saturated rings. The number of hydrogen-bond acceptors (Lipinski definition) is 14. The van der Waals surface area contributed by atoms with Crippen LogP contribution < -0.4 is 31.9 Å². The molecular weight excluding hydrogens is 1060 g/mol. The highest BCUT2D eigenvalue weighted by atomic mass is 35.5. The summed E-state index contributed by atoms with van der Waals surface area (Å²) in [6, 6.07) is 11.5. The van der Waals surface area contributed by atoms with E-state index in [-0.39, 0.29) is 85.6 Å². The Morgan fingerprint density at radius 3 is 1.39 bits per heavy atom. The van der Waals surface area contributed by atoms with Crippen LogP contribution in [0.25, 0.3) is 0 Å². The Labute approximate surface area is 475 Å². The second kappa shape index (κ2) is 29.4. The lowest BCUT2D eigenvalue weighted by molar-refractivity contribution is -0.145. The minimum Gasteiger partial charge on any atom is -0.369 e. The van der Waals surface area contributed by atoms with Gasteiger partial charge in [0.15, 0.2) is 0 Å². The third-order valence-corrected chi connectivity index (χ3v) is 15.7. The molecule has 24 heteroatoms. The molecule has 2 saturated heterocycles. The zero-order chi connectivity index (χ0) is 54.6. The predicted molar refractivity (Wildman–Crippen MR) is 299 cm³/mol. The second-order valence-electron chi connectivity index (χ2n) is 21.0. The Balaban J connectivity index is 0.00000504. The topological polar surface area (TPSA) is 261 Å². The molecule has 6 amide bonds. The van der Waals surface area contributed by atoms with Crippen molar-refractivity contribution in [1.29, 1.82) is 0 Å². The van der Waals surface area contributed by atoms with Crippen molar-refractivity contribution in [2.75, 3.05) is 27.2 Å². The third-order valence-electron chi connectivity index (χ3n) is 15.7. The third kappa shape index (κ3) is 15.7. The smallest absolute Gasteiger partial charge is 0.248 e. The van der Waals surface area contributed by atoms with Crippen molar-refractivity contribution in [2.45, 2.75) is 185 Å². The van der Waals surface area contributed by atoms with E-state index < -0.39 is 48.5 Å². The molecule has 22 nitrogen and oxygen atoms in total. The normalized spacial score (nSPS) is 20.9. The van der Waals surface area contributed by atoms with Gasteiger partial charge in [0.1, 0.15) is 35.6 Å². The minimum absolute atomic E-state index is 0. The van der Waals surface area contributed by atoms with E-state index in [0.717, 1.165) is 49.7 Å². The van der Waals surface area contributed by atoms with Crippen LogP contribution in [0.2, 0.25) is 0 Å². The maximum absolute atomic E-state index is 14.4. The van der Waals surface area contributed by atoms with Crippen LogP contribution in [-0.2, 0) is 77.4 Å². The molecule has 4 aliphatic rings. The fourth-order valence-electron chi connectivity index (χ4n) is 10.9. The number of amides is 6. The van der Waals surface area contributed by atoms with Gasteiger partial charge in [0.25, 0.3) is 0 Å². The Morgan fingerprint density at radius 2 is 0.987 bits per heavy atom. The number of likely N-dealkylation sites (tertiary alicyclic amines) is 2. The molecule has 0 bridgehead atoms. The molecule has 10 atom stereocenters. The number of ether oxygens (including phenoxy) is 2. The largest absolute Gasteiger partial charge is 0.369 e. The van der Waals surface area contributed by atoms with Gasteiger partial charge >= 0.3 is 0 Å². The number of nitrogens with one attached hydrogen (secondary N) is 6. The highest BCUT2D eigenvalue weighted by molar-refractivity contribution is 5.95. The molecule has 2 aromatic carbocycles. The van der Waals surface area contributed by atoms with Crippen LogP contribution in [0.4, 0.5) is 0 Å². The summed E-state index contributed by atoms with van der Waals surface area (Å²) in [6.07, 6.45) is 10.5. The molecule has 0 spiro atoms. The van der Waals surface area contributed by atoms with Gasteiger partial charge < -0.3 is 51.2 Å². The summed E-state index contributed by atoms with van der Waals surface area (Å²) in [5.74, 6) is -1.89. The molecule has 0 saturated carbocycles. The number of rotatable bonds is 24. The molecule has 8 rings (SSSR count). The van der Waals surface area contributed by atoms with Gasteiger partial charge in [-0.3, -0.25) is 38.1 Å². The lowest BCUT2D eigenvalue weighted by Gasteiger charge is -2.33. The number of aryl methyl sites for hydroxylation is 4. The van der Waals surface area contributed by atoms with Crippen LogP contribution in [0, 0.1) is 0 Å². The molecular formula is C55H80Cl2N14O8. The number of aromatic nitrogens is 6. The Morgan fingerprint density at radius 1 is 0.582 bits per heavy atom. The van der Waals surface area contributed by atoms with E-state index in [1.54, 1.807) is 73.3 Å². The van der Waals surface area contributed by atoms with Crippen LogP contribution in [0.15, 0.2) is 60.9 Å². The SMILES string of the molecule is CN[C@@H](C)C(=O)N[C@H](C(=O)N1CCC[C@H]1C(=O)N[C@@H]1CCCc2ccccc21)[C@@H](C)OCc1cn(CCCn2cc(CO[C@H](C)[C@H](NC(=O)[C@H](C)NC)C(=O)N3CCC[C@H]3C(=O)N[C@@H]3CCCc4ccccc43)nn2)nn1.Cl.Cl. The van der Waals surface area contributed by atoms with Crippen molar-refractivity contribution in [3.8, 4) is 0 Å². The Kier molecular flexibility index (Phi) is 23.2. The van der Waals surface area contributed by atoms with E-state index in [9.17, 15) is 28.8 Å². The molecule has 2 aliphatic carbocycles. The van der Waals surface area contributed by atoms with E-state index in [0.29, 0.717) is 69.7 Å². The number of hydrogen-bond donors (Lipinski definition) is 6. The van der Waals surface area contributed by atoms with Crippen molar-refractivity contribution in [1.82, 2.24) is 71.7 Å². The first-order valence-corrected chi connectivity index (χ1v) is 27.6. The van der Waals surface area contributed by atoms with Crippen LogP contribution in [0.1, 0.15) is 131 Å². The molecule has 2 aliphatic heterocycles. The van der Waals surface area contributed by atoms with Crippen LogP contribution in [0.5, 0.6) is 0 Å². The van der Waals surface area contributed by atoms with Gasteiger partial charge in [0.05, 0.1) is 62.0 Å². The molecule has 0 radical (unpaired) electrons. The summed E-state index contributed by atoms with van der Waals surface area (Å²) < 4.78 is 15.8. The van der Waals surface area contributed by atoms with Crippen molar-refractivity contribution in [3.63, 3.8) is 0 Å². The zero-order valence-corrected chi connectivity index (χ0v) is 47.9. The molecule has 0 unspecified atom stereocenters. The number of benzene rings is 2. The molecule has 79 heavy (non-hydrogen) atoms. The van der Waals surface area contributed by atoms with E-state index in [2.05, 4.69) is 76.8 Å². The van der Waals surface area contributed by atoms with Crippen molar-refractivity contribution < 1.29 is 38.2 Å². The molecule has 4 aromatic rings. The summed E-state index contributed by atoms with van der Waals surface area (Å²) in [5.41, 5.74) is 5.76. The standard InChI is InChI=1S/C55H78N14O8.2ClH/c1-34(56-5)50(70)60-48(54(74)68-28-13-24-46(68)52(72)58-44-22-11-18-38-16-7-9-20-42(38)44)36(3)76-32-40-30-66(64-62-40)26-15-27-67-31-41(63-65-67)33-77-37(4)49(61-51(71)35(2)57-6)55(75)69-29-14-25-47(69)53(73)59-45-23-12-19-39-17-8-10-21-43(39)45;;/h7-10,16-17,20-21,30-31,34-37,44-49,56-57H,11-15,18-19,22-29,32-33H2,1-6H3,(H,58,72)(H,59,73)(H,60,70)(H,61,71);2*1H/t34-,35-,36+,37+,44+,45+,46-,47-,48-,49-;;/m0../s1. The first-order chi connectivity index (χ1) is 37.2. The Hall–Kier alpha value is -6.04. The monoisotopic (exact) mass is 1130 g/mol. The number of halogens is 2. The number of carbonyl (C=O) groups is 6. The molecule has 6 N–H and O–H groups in total. The lowest BCUT2D eigenvalue weighted by Crippen LogP contribution is -2.59. The first kappa shape index (κ1) is 62.2. The summed E-state index contributed by atoms with van der Waals surface area (Å²) in [5, 5.41) is 35.2. The summed E-state index contributed by atoms with van der Waals surface area (Å²) in [7, 11) is 3.33. The average molecular weight is 1140 g/mol. The molecule has 4 heterocycles. The van der Waals surface area contributed by atoms with E-state index in [1.807, 2.05) is 24.3 Å². The quantitative estimate of drug-likeness (QED) is 0.0590. The maximum Gasteiger partial charge on any atom is 0.248 e. The van der Waals surface area contributed by atoms with Crippen LogP contribution in [0.3, 0.4) is 0 Å². The number of nitrogens with zero attached hydrogens (tertiary/aromatic N) is 8. The summed E-state index contributed by atoms with van der Waals surface area (Å²) >= 11 is 0. The van der Waals surface area contributed by atoms with Crippen molar-refractivity contribution >= 4 is 60.3 Å². The van der Waals surface area contributed by atoms with Gasteiger partial charge in [0.2, 0.25) is 35.4 Å². The van der Waals surface area contributed by atoms with Gasteiger partial charge in [-0.15, -0.1) is 35.0 Å². The molecule has 2 aromatic heterocycles. The minimum atomic E-state index is -1.07. The Bertz CT molecular complexity index is 2510. The van der Waals surface area contributed by atoms with Gasteiger partial charge in [0, 0.05) is 26.2 Å². The highest BCUT2D eigenvalue weighted by Gasteiger charge is 2.43. The average Bonchev–Trinajstić information content (AvgIpc) is 4.32. The zero-order valence-electron chi connectivity index (χ0n) is 46.2. The fourth-order valence-corrected chi connectivity index (χ4v) is 10.9. The maximum atomic E-state index is 14.4. The predicted octanol–water partition coefficient (Wildman–Crippen LogP) is 3.17. The van der Waals surface area contributed by atoms with E-state index in [1.165, 1.54) is 11.1 Å².